The first-order valence-electron chi connectivity index (χ1n) is 6.37. The third-order valence-electron chi connectivity index (χ3n) is 2.93. The lowest BCUT2D eigenvalue weighted by molar-refractivity contribution is -0.385. The summed E-state index contributed by atoms with van der Waals surface area (Å²) >= 11 is 3.47. The second-order valence-electron chi connectivity index (χ2n) is 4.61. The van der Waals surface area contributed by atoms with E-state index >= 15 is 0 Å². The predicted octanol–water partition coefficient (Wildman–Crippen LogP) is 4.18. The van der Waals surface area contributed by atoms with Gasteiger partial charge in [0.05, 0.1) is 4.92 Å². The van der Waals surface area contributed by atoms with Crippen LogP contribution < -0.4 is 10.1 Å². The lowest BCUT2D eigenvalue weighted by Gasteiger charge is -2.10. The Morgan fingerprint density at radius 3 is 2.67 bits per heavy atom. The number of nitro benzene ring substituents is 1. The predicted molar refractivity (Wildman–Crippen MR) is 84.8 cm³/mol. The molecule has 0 saturated carbocycles. The first kappa shape index (κ1) is 15.5. The fourth-order valence-electron chi connectivity index (χ4n) is 1.91. The van der Waals surface area contributed by atoms with Crippen LogP contribution in [0.25, 0.3) is 0 Å². The fraction of sp³-hybridized carbons (Fsp3) is 0.200. The van der Waals surface area contributed by atoms with Crippen molar-refractivity contribution in [3.8, 4) is 11.5 Å². The van der Waals surface area contributed by atoms with Crippen LogP contribution in [-0.2, 0) is 6.54 Å². The monoisotopic (exact) mass is 350 g/mol. The standard InChI is InChI=1S/C15H15BrN2O3/c1-10-3-6-14(18(19)20)15(7-10)21-12-5-4-11(9-17-2)13(16)8-12/h3-8,17H,9H2,1-2H3. The minimum Gasteiger partial charge on any atom is -0.450 e. The molecule has 21 heavy (non-hydrogen) atoms. The largest absolute Gasteiger partial charge is 0.450 e. The zero-order valence-electron chi connectivity index (χ0n) is 11.7. The highest BCUT2D eigenvalue weighted by Crippen LogP contribution is 2.33. The summed E-state index contributed by atoms with van der Waals surface area (Å²) in [6.07, 6.45) is 0. The van der Waals surface area contributed by atoms with E-state index < -0.39 is 4.92 Å². The van der Waals surface area contributed by atoms with E-state index in [1.54, 1.807) is 24.3 Å². The van der Waals surface area contributed by atoms with Gasteiger partial charge in [0.15, 0.2) is 0 Å². The number of hydrogen-bond acceptors (Lipinski definition) is 4. The number of halogens is 1. The van der Waals surface area contributed by atoms with Gasteiger partial charge in [-0.1, -0.05) is 28.1 Å². The van der Waals surface area contributed by atoms with Gasteiger partial charge in [-0.25, -0.2) is 0 Å². The van der Waals surface area contributed by atoms with Crippen LogP contribution in [0, 0.1) is 17.0 Å². The van der Waals surface area contributed by atoms with Gasteiger partial charge in [0.2, 0.25) is 5.75 Å². The molecule has 0 amide bonds. The second-order valence-corrected chi connectivity index (χ2v) is 5.47. The lowest BCUT2D eigenvalue weighted by Crippen LogP contribution is -2.05. The van der Waals surface area contributed by atoms with Crippen LogP contribution in [0.15, 0.2) is 40.9 Å². The molecule has 0 spiro atoms. The molecule has 2 rings (SSSR count). The number of nitrogens with zero attached hydrogens (tertiary/aromatic N) is 1. The summed E-state index contributed by atoms with van der Waals surface area (Å²) in [5, 5.41) is 14.1. The van der Waals surface area contributed by atoms with E-state index in [4.69, 9.17) is 4.74 Å². The minimum absolute atomic E-state index is 0.0453. The zero-order valence-corrected chi connectivity index (χ0v) is 13.3. The highest BCUT2D eigenvalue weighted by molar-refractivity contribution is 9.10. The average molecular weight is 351 g/mol. The van der Waals surface area contributed by atoms with Crippen LogP contribution in [0.1, 0.15) is 11.1 Å². The van der Waals surface area contributed by atoms with E-state index in [0.29, 0.717) is 5.75 Å². The van der Waals surface area contributed by atoms with Crippen molar-refractivity contribution in [2.24, 2.45) is 0 Å². The van der Waals surface area contributed by atoms with Crippen molar-refractivity contribution >= 4 is 21.6 Å². The van der Waals surface area contributed by atoms with Gasteiger partial charge in [-0.3, -0.25) is 10.1 Å². The molecule has 0 radical (unpaired) electrons. The number of ether oxygens (including phenoxy) is 1. The molecule has 0 aliphatic heterocycles. The lowest BCUT2D eigenvalue weighted by atomic mass is 10.2. The fourth-order valence-corrected chi connectivity index (χ4v) is 2.40. The molecule has 0 saturated heterocycles. The number of nitrogens with one attached hydrogen (secondary N) is 1. The third-order valence-corrected chi connectivity index (χ3v) is 3.67. The van der Waals surface area contributed by atoms with E-state index in [2.05, 4.69) is 21.2 Å². The van der Waals surface area contributed by atoms with Crippen LogP contribution in [0.5, 0.6) is 11.5 Å². The van der Waals surface area contributed by atoms with Crippen LogP contribution >= 0.6 is 15.9 Å². The molecule has 0 heterocycles. The number of hydrogen-bond donors (Lipinski definition) is 1. The summed E-state index contributed by atoms with van der Waals surface area (Å²) in [4.78, 5) is 10.6. The Kier molecular flexibility index (Phi) is 4.93. The van der Waals surface area contributed by atoms with Crippen molar-refractivity contribution in [3.63, 3.8) is 0 Å². The Bertz CT molecular complexity index is 674. The van der Waals surface area contributed by atoms with Gasteiger partial charge in [0.25, 0.3) is 0 Å². The van der Waals surface area contributed by atoms with E-state index in [1.165, 1.54) is 6.07 Å². The van der Waals surface area contributed by atoms with Gasteiger partial charge in [-0.15, -0.1) is 0 Å². The number of aryl methyl sites for hydroxylation is 1. The molecule has 0 aromatic heterocycles. The molecule has 2 aromatic carbocycles. The minimum atomic E-state index is -0.445. The molecule has 110 valence electrons. The second kappa shape index (κ2) is 6.69. The molecule has 1 N–H and O–H groups in total. The van der Waals surface area contributed by atoms with Crippen molar-refractivity contribution in [3.05, 3.63) is 62.1 Å². The molecule has 0 unspecified atom stereocenters. The van der Waals surface area contributed by atoms with Gasteiger partial charge in [0.1, 0.15) is 5.75 Å². The maximum Gasteiger partial charge on any atom is 0.311 e. The maximum absolute atomic E-state index is 11.0. The third kappa shape index (κ3) is 3.80. The van der Waals surface area contributed by atoms with Crippen LogP contribution in [-0.4, -0.2) is 12.0 Å². The number of rotatable bonds is 5. The first-order valence-corrected chi connectivity index (χ1v) is 7.16. The summed E-state index contributed by atoms with van der Waals surface area (Å²) < 4.78 is 6.57. The van der Waals surface area contributed by atoms with Gasteiger partial charge >= 0.3 is 5.69 Å². The van der Waals surface area contributed by atoms with Gasteiger partial charge < -0.3 is 10.1 Å². The van der Waals surface area contributed by atoms with E-state index in [0.717, 1.165) is 22.1 Å². The Morgan fingerprint density at radius 2 is 2.05 bits per heavy atom. The highest BCUT2D eigenvalue weighted by atomic mass is 79.9. The van der Waals surface area contributed by atoms with Gasteiger partial charge in [0, 0.05) is 17.1 Å². The Morgan fingerprint density at radius 1 is 1.29 bits per heavy atom. The molecule has 0 bridgehead atoms. The zero-order chi connectivity index (χ0) is 15.4. The van der Waals surface area contributed by atoms with Crippen LogP contribution in [0.4, 0.5) is 5.69 Å². The van der Waals surface area contributed by atoms with Crippen molar-refractivity contribution in [1.82, 2.24) is 5.32 Å². The van der Waals surface area contributed by atoms with Crippen molar-refractivity contribution in [2.75, 3.05) is 7.05 Å². The summed E-state index contributed by atoms with van der Waals surface area (Å²) in [5.74, 6) is 0.795. The number of nitro groups is 1. The normalized spacial score (nSPS) is 10.4. The smallest absolute Gasteiger partial charge is 0.311 e. The molecule has 0 fully saturated rings. The average Bonchev–Trinajstić information content (AvgIpc) is 2.42. The Hall–Kier alpha value is -1.92. The molecule has 0 aliphatic rings. The molecule has 2 aromatic rings. The molecular weight excluding hydrogens is 336 g/mol. The summed E-state index contributed by atoms with van der Waals surface area (Å²) in [6.45, 7) is 2.59. The molecular formula is C15H15BrN2O3. The summed E-state index contributed by atoms with van der Waals surface area (Å²) in [5.41, 5.74) is 1.95. The van der Waals surface area contributed by atoms with E-state index in [9.17, 15) is 10.1 Å². The SMILES string of the molecule is CNCc1ccc(Oc2cc(C)ccc2[N+](=O)[O-])cc1Br. The molecule has 0 aliphatic carbocycles. The Balaban J connectivity index is 2.32. The molecule has 6 heteroatoms. The summed E-state index contributed by atoms with van der Waals surface area (Å²) in [7, 11) is 1.87. The highest BCUT2D eigenvalue weighted by Gasteiger charge is 2.16. The van der Waals surface area contributed by atoms with Crippen molar-refractivity contribution < 1.29 is 9.66 Å². The van der Waals surface area contributed by atoms with E-state index in [-0.39, 0.29) is 11.4 Å². The topological polar surface area (TPSA) is 64.4 Å². The molecule has 0 atom stereocenters. The quantitative estimate of drug-likeness (QED) is 0.648. The summed E-state index contributed by atoms with van der Waals surface area (Å²) in [6, 6.07) is 10.3. The van der Waals surface area contributed by atoms with Crippen molar-refractivity contribution in [2.45, 2.75) is 13.5 Å². The van der Waals surface area contributed by atoms with Gasteiger partial charge in [-0.2, -0.15) is 0 Å². The Labute approximate surface area is 131 Å². The maximum atomic E-state index is 11.0. The van der Waals surface area contributed by atoms with Crippen LogP contribution in [0.2, 0.25) is 0 Å². The van der Waals surface area contributed by atoms with Crippen LogP contribution in [0.3, 0.4) is 0 Å². The molecule has 5 nitrogen and oxygen atoms in total. The van der Waals surface area contributed by atoms with E-state index in [1.807, 2.05) is 20.0 Å². The number of benzene rings is 2. The first-order chi connectivity index (χ1) is 10.0. The van der Waals surface area contributed by atoms with Gasteiger partial charge in [-0.05, 0) is 43.3 Å². The van der Waals surface area contributed by atoms with Crippen molar-refractivity contribution in [1.29, 1.82) is 0 Å².